The molecule has 0 aliphatic carbocycles. The lowest BCUT2D eigenvalue weighted by Gasteiger charge is -2.32. The topological polar surface area (TPSA) is 58.6 Å². The van der Waals surface area contributed by atoms with Gasteiger partial charge >= 0.3 is 0 Å². The Morgan fingerprint density at radius 1 is 1.00 bits per heavy atom. The number of carbonyl (C=O) groups excluding carboxylic acids is 2. The van der Waals surface area contributed by atoms with E-state index < -0.39 is 6.04 Å². The van der Waals surface area contributed by atoms with E-state index in [1.54, 1.807) is 36.4 Å². The van der Waals surface area contributed by atoms with Crippen molar-refractivity contribution < 1.29 is 14.3 Å². The molecule has 0 saturated carbocycles. The standard InChI is InChI=1S/C28H28BrCl3N2O3/c1-2-3-14-33-28(36)25(15-19-8-5-4-6-9-19)34(17-21-23(31)10-7-11-24(21)32)27(35)18-37-26-13-12-20(30)16-22(26)29/h4-13,16,25H,2-3,14-15,17-18H2,1H3,(H,33,36). The van der Waals surface area contributed by atoms with Gasteiger partial charge in [0.15, 0.2) is 6.61 Å². The average molecular weight is 627 g/mol. The molecule has 0 radical (unpaired) electrons. The minimum atomic E-state index is -0.809. The first-order valence-corrected chi connectivity index (χ1v) is 13.8. The second-order valence-corrected chi connectivity index (χ2v) is 10.5. The molecule has 0 fully saturated rings. The Hall–Kier alpha value is -2.25. The number of hydrogen-bond acceptors (Lipinski definition) is 3. The molecule has 37 heavy (non-hydrogen) atoms. The summed E-state index contributed by atoms with van der Waals surface area (Å²) < 4.78 is 6.43. The Kier molecular flexibility index (Phi) is 11.6. The zero-order valence-electron chi connectivity index (χ0n) is 20.4. The summed E-state index contributed by atoms with van der Waals surface area (Å²) in [6, 6.07) is 18.9. The van der Waals surface area contributed by atoms with Crippen LogP contribution in [0.3, 0.4) is 0 Å². The molecule has 9 heteroatoms. The van der Waals surface area contributed by atoms with E-state index in [0.717, 1.165) is 18.4 Å². The summed E-state index contributed by atoms with van der Waals surface area (Å²) in [5.41, 5.74) is 1.48. The van der Waals surface area contributed by atoms with Crippen molar-refractivity contribution in [1.29, 1.82) is 0 Å². The fourth-order valence-electron chi connectivity index (χ4n) is 3.73. The molecule has 1 atom stereocenters. The van der Waals surface area contributed by atoms with E-state index in [2.05, 4.69) is 28.2 Å². The maximum absolute atomic E-state index is 13.7. The van der Waals surface area contributed by atoms with Gasteiger partial charge in [-0.25, -0.2) is 0 Å². The van der Waals surface area contributed by atoms with Crippen LogP contribution in [0.1, 0.15) is 30.9 Å². The van der Waals surface area contributed by atoms with Crippen molar-refractivity contribution in [3.8, 4) is 5.75 Å². The Bertz CT molecular complexity index is 1190. The van der Waals surface area contributed by atoms with E-state index in [1.165, 1.54) is 4.90 Å². The maximum atomic E-state index is 13.7. The van der Waals surface area contributed by atoms with Gasteiger partial charge in [-0.15, -0.1) is 0 Å². The second kappa shape index (κ2) is 14.6. The normalized spacial score (nSPS) is 11.6. The minimum absolute atomic E-state index is 0.0428. The molecule has 0 aromatic heterocycles. The molecule has 3 aromatic rings. The third-order valence-electron chi connectivity index (χ3n) is 5.74. The SMILES string of the molecule is CCCCNC(=O)C(Cc1ccccc1)N(Cc1c(Cl)cccc1Cl)C(=O)COc1ccc(Cl)cc1Br. The van der Waals surface area contributed by atoms with Crippen LogP contribution in [0, 0.1) is 0 Å². The van der Waals surface area contributed by atoms with E-state index in [-0.39, 0.29) is 25.0 Å². The molecule has 0 heterocycles. The van der Waals surface area contributed by atoms with Crippen molar-refractivity contribution in [3.05, 3.63) is 97.4 Å². The summed E-state index contributed by atoms with van der Waals surface area (Å²) in [7, 11) is 0. The van der Waals surface area contributed by atoms with E-state index in [1.807, 2.05) is 30.3 Å². The summed E-state index contributed by atoms with van der Waals surface area (Å²) in [6.45, 7) is 2.32. The number of nitrogens with zero attached hydrogens (tertiary/aromatic N) is 1. The lowest BCUT2D eigenvalue weighted by atomic mass is 10.0. The molecule has 0 saturated heterocycles. The van der Waals surface area contributed by atoms with Crippen molar-refractivity contribution in [2.45, 2.75) is 38.8 Å². The number of ether oxygens (including phenoxy) is 1. The molecule has 0 bridgehead atoms. The van der Waals surface area contributed by atoms with Gasteiger partial charge in [0.2, 0.25) is 5.91 Å². The van der Waals surface area contributed by atoms with Gasteiger partial charge < -0.3 is 15.0 Å². The highest BCUT2D eigenvalue weighted by molar-refractivity contribution is 9.10. The molecule has 3 rings (SSSR count). The molecule has 0 aliphatic rings. The van der Waals surface area contributed by atoms with Gasteiger partial charge in [0.1, 0.15) is 11.8 Å². The minimum Gasteiger partial charge on any atom is -0.483 e. The number of rotatable bonds is 12. The van der Waals surface area contributed by atoms with Gasteiger partial charge in [0.05, 0.1) is 4.47 Å². The highest BCUT2D eigenvalue weighted by Gasteiger charge is 2.31. The van der Waals surface area contributed by atoms with Crippen molar-refractivity contribution in [2.75, 3.05) is 13.2 Å². The number of benzene rings is 3. The lowest BCUT2D eigenvalue weighted by Crippen LogP contribution is -2.52. The molecule has 1 N–H and O–H groups in total. The maximum Gasteiger partial charge on any atom is 0.261 e. The van der Waals surface area contributed by atoms with Crippen molar-refractivity contribution >= 4 is 62.5 Å². The number of nitrogens with one attached hydrogen (secondary N) is 1. The van der Waals surface area contributed by atoms with Gasteiger partial charge in [-0.1, -0.05) is 84.5 Å². The van der Waals surface area contributed by atoms with E-state index >= 15 is 0 Å². The van der Waals surface area contributed by atoms with E-state index in [0.29, 0.717) is 43.8 Å². The predicted molar refractivity (Wildman–Crippen MR) is 154 cm³/mol. The number of halogens is 4. The van der Waals surface area contributed by atoms with Crippen molar-refractivity contribution in [3.63, 3.8) is 0 Å². The van der Waals surface area contributed by atoms with Crippen LogP contribution < -0.4 is 10.1 Å². The van der Waals surface area contributed by atoms with Crippen LogP contribution in [-0.4, -0.2) is 35.9 Å². The zero-order valence-corrected chi connectivity index (χ0v) is 24.2. The van der Waals surface area contributed by atoms with Crippen LogP contribution in [0.25, 0.3) is 0 Å². The fourth-order valence-corrected chi connectivity index (χ4v) is 5.04. The van der Waals surface area contributed by atoms with Crippen molar-refractivity contribution in [1.82, 2.24) is 10.2 Å². The van der Waals surface area contributed by atoms with E-state index in [4.69, 9.17) is 39.5 Å². The van der Waals surface area contributed by atoms with Gasteiger partial charge in [-0.3, -0.25) is 9.59 Å². The molecule has 2 amide bonds. The van der Waals surface area contributed by atoms with Crippen LogP contribution in [0.2, 0.25) is 15.1 Å². The highest BCUT2D eigenvalue weighted by Crippen LogP contribution is 2.29. The Morgan fingerprint density at radius 3 is 2.35 bits per heavy atom. The average Bonchev–Trinajstić information content (AvgIpc) is 2.87. The molecule has 0 spiro atoms. The van der Waals surface area contributed by atoms with E-state index in [9.17, 15) is 9.59 Å². The number of unbranched alkanes of at least 4 members (excludes halogenated alkanes) is 1. The molecule has 0 aliphatic heterocycles. The van der Waals surface area contributed by atoms with Gasteiger partial charge in [0, 0.05) is 40.1 Å². The van der Waals surface area contributed by atoms with Crippen LogP contribution in [0.4, 0.5) is 0 Å². The molecule has 5 nitrogen and oxygen atoms in total. The first kappa shape index (κ1) is 29.3. The molecular weight excluding hydrogens is 599 g/mol. The number of carbonyl (C=O) groups is 2. The first-order chi connectivity index (χ1) is 17.8. The van der Waals surface area contributed by atoms with Crippen molar-refractivity contribution in [2.24, 2.45) is 0 Å². The zero-order chi connectivity index (χ0) is 26.8. The third kappa shape index (κ3) is 8.64. The van der Waals surface area contributed by atoms with Gasteiger partial charge in [0.25, 0.3) is 5.91 Å². The fraction of sp³-hybridized carbons (Fsp3) is 0.286. The summed E-state index contributed by atoms with van der Waals surface area (Å²) in [5.74, 6) is -0.175. The summed E-state index contributed by atoms with van der Waals surface area (Å²) in [6.07, 6.45) is 2.09. The summed E-state index contributed by atoms with van der Waals surface area (Å²) in [5, 5.41) is 4.34. The molecule has 1 unspecified atom stereocenters. The van der Waals surface area contributed by atoms with Gasteiger partial charge in [-0.2, -0.15) is 0 Å². The highest BCUT2D eigenvalue weighted by atomic mass is 79.9. The number of hydrogen-bond donors (Lipinski definition) is 1. The second-order valence-electron chi connectivity index (χ2n) is 8.44. The Labute approximate surface area is 241 Å². The lowest BCUT2D eigenvalue weighted by molar-refractivity contribution is -0.142. The molecular formula is C28H28BrCl3N2O3. The van der Waals surface area contributed by atoms with Gasteiger partial charge in [-0.05, 0) is 58.2 Å². The smallest absolute Gasteiger partial charge is 0.261 e. The van der Waals surface area contributed by atoms with Crippen LogP contribution in [0.15, 0.2) is 71.2 Å². The van der Waals surface area contributed by atoms with Crippen LogP contribution in [0.5, 0.6) is 5.75 Å². The summed E-state index contributed by atoms with van der Waals surface area (Å²) in [4.78, 5) is 28.6. The first-order valence-electron chi connectivity index (χ1n) is 11.9. The quantitative estimate of drug-likeness (QED) is 0.214. The molecule has 196 valence electrons. The number of amides is 2. The summed E-state index contributed by atoms with van der Waals surface area (Å²) >= 11 is 22.4. The Balaban J connectivity index is 1.94. The third-order valence-corrected chi connectivity index (χ3v) is 7.30. The van der Waals surface area contributed by atoms with Crippen LogP contribution in [-0.2, 0) is 22.6 Å². The monoisotopic (exact) mass is 624 g/mol. The van der Waals surface area contributed by atoms with Crippen LogP contribution >= 0.6 is 50.7 Å². The largest absolute Gasteiger partial charge is 0.483 e. The molecule has 3 aromatic carbocycles. The Morgan fingerprint density at radius 2 is 1.70 bits per heavy atom. The predicted octanol–water partition coefficient (Wildman–Crippen LogP) is 7.34.